The summed E-state index contributed by atoms with van der Waals surface area (Å²) in [6, 6.07) is 12.6. The molecular weight excluding hydrogens is 218 g/mol. The molecular formula is C17H21N. The van der Waals surface area contributed by atoms with Crippen molar-refractivity contribution in [3.8, 4) is 6.07 Å². The molecule has 0 atom stereocenters. The van der Waals surface area contributed by atoms with E-state index in [4.69, 9.17) is 0 Å². The predicted octanol–water partition coefficient (Wildman–Crippen LogP) is 5.12. The van der Waals surface area contributed by atoms with Gasteiger partial charge in [-0.1, -0.05) is 69.2 Å². The molecule has 0 radical (unpaired) electrons. The predicted molar refractivity (Wildman–Crippen MR) is 77.9 cm³/mol. The fourth-order valence-corrected chi connectivity index (χ4v) is 1.90. The Labute approximate surface area is 110 Å². The van der Waals surface area contributed by atoms with Crippen LogP contribution in [0.3, 0.4) is 0 Å². The molecule has 1 aromatic carbocycles. The summed E-state index contributed by atoms with van der Waals surface area (Å²) in [5.41, 5.74) is 3.30. The maximum atomic E-state index is 9.21. The fraction of sp³-hybridized carbons (Fsp3) is 0.353. The summed E-state index contributed by atoms with van der Waals surface area (Å²) in [5.74, 6) is 0. The van der Waals surface area contributed by atoms with Crippen LogP contribution in [-0.4, -0.2) is 0 Å². The summed E-state index contributed by atoms with van der Waals surface area (Å²) >= 11 is 0. The van der Waals surface area contributed by atoms with Gasteiger partial charge in [0.1, 0.15) is 0 Å². The molecule has 0 aliphatic heterocycles. The molecule has 0 amide bonds. The molecule has 1 aromatic rings. The quantitative estimate of drug-likeness (QED) is 0.499. The van der Waals surface area contributed by atoms with Gasteiger partial charge >= 0.3 is 0 Å². The van der Waals surface area contributed by atoms with Crippen molar-refractivity contribution in [1.82, 2.24) is 0 Å². The third-order valence-corrected chi connectivity index (χ3v) is 2.82. The minimum absolute atomic E-state index is 0.880. The Bertz CT molecular complexity index is 446. The van der Waals surface area contributed by atoms with Crippen molar-refractivity contribution in [3.05, 3.63) is 53.1 Å². The zero-order valence-electron chi connectivity index (χ0n) is 11.3. The topological polar surface area (TPSA) is 23.8 Å². The molecule has 18 heavy (non-hydrogen) atoms. The van der Waals surface area contributed by atoms with Crippen molar-refractivity contribution in [3.63, 3.8) is 0 Å². The standard InChI is InChI=1S/C17H21N/c1-3-8-16(17(14-18)9-4-2)13-12-15-10-6-5-7-11-15/h5-7,10-13H,3-4,8-9H2,1-2H3/b13-12+,17-16-. The van der Waals surface area contributed by atoms with Gasteiger partial charge in [-0.15, -0.1) is 0 Å². The highest BCUT2D eigenvalue weighted by molar-refractivity contribution is 5.54. The molecule has 0 aliphatic carbocycles. The van der Waals surface area contributed by atoms with Crippen molar-refractivity contribution in [2.45, 2.75) is 39.5 Å². The SMILES string of the molecule is CCC/C(C#N)=C(/C=C/c1ccccc1)CCC. The highest BCUT2D eigenvalue weighted by atomic mass is 14.2. The van der Waals surface area contributed by atoms with E-state index in [1.54, 1.807) is 0 Å². The molecule has 0 fully saturated rings. The van der Waals surface area contributed by atoms with E-state index < -0.39 is 0 Å². The number of benzene rings is 1. The van der Waals surface area contributed by atoms with Crippen LogP contribution in [0.4, 0.5) is 0 Å². The maximum absolute atomic E-state index is 9.21. The average molecular weight is 239 g/mol. The first kappa shape index (κ1) is 14.3. The molecule has 1 nitrogen and oxygen atoms in total. The van der Waals surface area contributed by atoms with Crippen LogP contribution in [0.2, 0.25) is 0 Å². The summed E-state index contributed by atoms with van der Waals surface area (Å²) < 4.78 is 0. The Morgan fingerprint density at radius 3 is 2.33 bits per heavy atom. The van der Waals surface area contributed by atoms with E-state index in [1.165, 1.54) is 11.1 Å². The minimum atomic E-state index is 0.880. The van der Waals surface area contributed by atoms with Gasteiger partial charge in [0.15, 0.2) is 0 Å². The van der Waals surface area contributed by atoms with Crippen molar-refractivity contribution in [2.24, 2.45) is 0 Å². The van der Waals surface area contributed by atoms with E-state index in [0.29, 0.717) is 0 Å². The van der Waals surface area contributed by atoms with Gasteiger partial charge in [0.25, 0.3) is 0 Å². The van der Waals surface area contributed by atoms with E-state index in [9.17, 15) is 5.26 Å². The molecule has 0 spiro atoms. The summed E-state index contributed by atoms with van der Waals surface area (Å²) in [7, 11) is 0. The lowest BCUT2D eigenvalue weighted by Crippen LogP contribution is -1.88. The van der Waals surface area contributed by atoms with E-state index in [-0.39, 0.29) is 0 Å². The zero-order valence-corrected chi connectivity index (χ0v) is 11.3. The molecule has 0 unspecified atom stereocenters. The smallest absolute Gasteiger partial charge is 0.0949 e. The van der Waals surface area contributed by atoms with Crippen molar-refractivity contribution < 1.29 is 0 Å². The van der Waals surface area contributed by atoms with Crippen molar-refractivity contribution in [2.75, 3.05) is 0 Å². The molecule has 0 aromatic heterocycles. The maximum Gasteiger partial charge on any atom is 0.0949 e. The van der Waals surface area contributed by atoms with Crippen LogP contribution in [-0.2, 0) is 0 Å². The van der Waals surface area contributed by atoms with Gasteiger partial charge in [-0.05, 0) is 24.0 Å². The number of nitriles is 1. The summed E-state index contributed by atoms with van der Waals surface area (Å²) in [4.78, 5) is 0. The molecule has 0 N–H and O–H groups in total. The van der Waals surface area contributed by atoms with E-state index in [1.807, 2.05) is 18.2 Å². The molecule has 0 aliphatic rings. The van der Waals surface area contributed by atoms with Gasteiger partial charge in [-0.2, -0.15) is 5.26 Å². The second kappa shape index (κ2) is 8.31. The number of hydrogen-bond donors (Lipinski definition) is 0. The van der Waals surface area contributed by atoms with Crippen molar-refractivity contribution in [1.29, 1.82) is 5.26 Å². The van der Waals surface area contributed by atoms with Gasteiger partial charge in [0.2, 0.25) is 0 Å². The monoisotopic (exact) mass is 239 g/mol. The number of hydrogen-bond acceptors (Lipinski definition) is 1. The second-order valence-corrected chi connectivity index (χ2v) is 4.36. The van der Waals surface area contributed by atoms with Gasteiger partial charge in [-0.3, -0.25) is 0 Å². The van der Waals surface area contributed by atoms with Crippen LogP contribution in [0.15, 0.2) is 47.6 Å². The lowest BCUT2D eigenvalue weighted by molar-refractivity contribution is 0.873. The lowest BCUT2D eigenvalue weighted by atomic mass is 9.99. The Morgan fingerprint density at radius 1 is 1.11 bits per heavy atom. The number of nitrogens with zero attached hydrogens (tertiary/aromatic N) is 1. The Morgan fingerprint density at radius 2 is 1.78 bits per heavy atom. The first-order valence-electron chi connectivity index (χ1n) is 6.67. The van der Waals surface area contributed by atoms with Gasteiger partial charge in [-0.25, -0.2) is 0 Å². The van der Waals surface area contributed by atoms with E-state index in [2.05, 4.69) is 44.2 Å². The second-order valence-electron chi connectivity index (χ2n) is 4.36. The van der Waals surface area contributed by atoms with Gasteiger partial charge in [0, 0.05) is 5.57 Å². The fourth-order valence-electron chi connectivity index (χ4n) is 1.90. The molecule has 1 rings (SSSR count). The van der Waals surface area contributed by atoms with Gasteiger partial charge in [0.05, 0.1) is 6.07 Å². The van der Waals surface area contributed by atoms with Crippen LogP contribution >= 0.6 is 0 Å². The summed E-state index contributed by atoms with van der Waals surface area (Å²) in [6.07, 6.45) is 8.15. The molecule has 0 heterocycles. The largest absolute Gasteiger partial charge is 0.193 e. The highest BCUT2D eigenvalue weighted by Gasteiger charge is 2.02. The molecule has 1 heteroatoms. The van der Waals surface area contributed by atoms with Crippen LogP contribution < -0.4 is 0 Å². The zero-order chi connectivity index (χ0) is 13.2. The lowest BCUT2D eigenvalue weighted by Gasteiger charge is -2.04. The van der Waals surface area contributed by atoms with Gasteiger partial charge < -0.3 is 0 Å². The Balaban J connectivity index is 2.93. The summed E-state index contributed by atoms with van der Waals surface area (Å²) in [5, 5.41) is 9.21. The Kier molecular flexibility index (Phi) is 6.58. The highest BCUT2D eigenvalue weighted by Crippen LogP contribution is 2.18. The first-order chi connectivity index (χ1) is 8.81. The minimum Gasteiger partial charge on any atom is -0.193 e. The van der Waals surface area contributed by atoms with Crippen molar-refractivity contribution >= 4 is 6.08 Å². The number of allylic oxidation sites excluding steroid dienone is 3. The average Bonchev–Trinajstić information content (AvgIpc) is 2.42. The van der Waals surface area contributed by atoms with Crippen LogP contribution in [0.1, 0.15) is 45.1 Å². The Hall–Kier alpha value is -1.81. The van der Waals surface area contributed by atoms with E-state index in [0.717, 1.165) is 31.3 Å². The molecule has 0 bridgehead atoms. The van der Waals surface area contributed by atoms with Crippen LogP contribution in [0.5, 0.6) is 0 Å². The first-order valence-corrected chi connectivity index (χ1v) is 6.67. The van der Waals surface area contributed by atoms with E-state index >= 15 is 0 Å². The normalized spacial score (nSPS) is 12.3. The molecule has 0 saturated carbocycles. The number of rotatable bonds is 6. The third-order valence-electron chi connectivity index (χ3n) is 2.82. The van der Waals surface area contributed by atoms with Crippen LogP contribution in [0.25, 0.3) is 6.08 Å². The molecule has 0 saturated heterocycles. The third kappa shape index (κ3) is 4.59. The summed E-state index contributed by atoms with van der Waals surface area (Å²) in [6.45, 7) is 4.26. The van der Waals surface area contributed by atoms with Crippen LogP contribution in [0, 0.1) is 11.3 Å². The molecule has 94 valence electrons.